The number of fused-ring (bicyclic) bond motifs is 1. The number of hydrogen-bond donors (Lipinski definition) is 1. The number of hydrogen-bond acceptors (Lipinski definition) is 4. The summed E-state index contributed by atoms with van der Waals surface area (Å²) in [6, 6.07) is 16.3. The maximum atomic E-state index is 12.1. The molecule has 0 unspecified atom stereocenters. The van der Waals surface area contributed by atoms with Gasteiger partial charge in [0.25, 0.3) is 5.91 Å². The van der Waals surface area contributed by atoms with Crippen LogP contribution < -0.4 is 5.32 Å². The summed E-state index contributed by atoms with van der Waals surface area (Å²) in [5.41, 5.74) is 2.80. The van der Waals surface area contributed by atoms with Crippen LogP contribution in [0, 0.1) is 0 Å². The van der Waals surface area contributed by atoms with Crippen molar-refractivity contribution in [2.75, 3.05) is 5.32 Å². The number of thiophene rings is 1. The summed E-state index contributed by atoms with van der Waals surface area (Å²) in [5, 5.41) is 5.35. The zero-order valence-electron chi connectivity index (χ0n) is 12.3. The maximum absolute atomic E-state index is 12.1. The molecule has 0 bridgehead atoms. The number of carbonyl (C=O) groups is 1. The lowest BCUT2D eigenvalue weighted by atomic mass is 10.2. The molecule has 0 saturated heterocycles. The van der Waals surface area contributed by atoms with E-state index in [4.69, 9.17) is 16.0 Å². The highest BCUT2D eigenvalue weighted by Crippen LogP contribution is 2.28. The normalized spacial score (nSPS) is 10.9. The second kappa shape index (κ2) is 6.11. The quantitative estimate of drug-likeness (QED) is 0.531. The van der Waals surface area contributed by atoms with Crippen LogP contribution in [0.3, 0.4) is 0 Å². The molecule has 0 aliphatic rings. The van der Waals surface area contributed by atoms with Crippen molar-refractivity contribution < 1.29 is 9.21 Å². The number of halogens is 1. The summed E-state index contributed by atoms with van der Waals surface area (Å²) < 4.78 is 5.80. The van der Waals surface area contributed by atoms with Crippen LogP contribution in [-0.2, 0) is 0 Å². The van der Waals surface area contributed by atoms with Crippen molar-refractivity contribution in [3.63, 3.8) is 0 Å². The Hall–Kier alpha value is -2.63. The minimum absolute atomic E-state index is 0.140. The van der Waals surface area contributed by atoms with Crippen molar-refractivity contribution in [2.45, 2.75) is 0 Å². The van der Waals surface area contributed by atoms with E-state index in [2.05, 4.69) is 10.3 Å². The van der Waals surface area contributed by atoms with Gasteiger partial charge in [-0.05, 0) is 41.8 Å². The number of benzene rings is 2. The highest BCUT2D eigenvalue weighted by Gasteiger charge is 2.11. The van der Waals surface area contributed by atoms with Gasteiger partial charge in [-0.2, -0.15) is 0 Å². The lowest BCUT2D eigenvalue weighted by Gasteiger charge is -2.02. The molecule has 24 heavy (non-hydrogen) atoms. The average Bonchev–Trinajstić information content (AvgIpc) is 3.24. The van der Waals surface area contributed by atoms with Crippen molar-refractivity contribution in [1.82, 2.24) is 4.98 Å². The van der Waals surface area contributed by atoms with Crippen molar-refractivity contribution in [3.8, 4) is 11.5 Å². The van der Waals surface area contributed by atoms with Gasteiger partial charge < -0.3 is 9.73 Å². The Kier molecular flexibility index (Phi) is 3.80. The number of rotatable bonds is 3. The predicted molar refractivity (Wildman–Crippen MR) is 96.7 cm³/mol. The third-order valence-electron chi connectivity index (χ3n) is 3.46. The molecular weight excluding hydrogens is 344 g/mol. The molecule has 1 amide bonds. The smallest absolute Gasteiger partial charge is 0.265 e. The van der Waals surface area contributed by atoms with E-state index < -0.39 is 0 Å². The molecule has 2 aromatic carbocycles. The van der Waals surface area contributed by atoms with Crippen molar-refractivity contribution in [2.24, 2.45) is 0 Å². The summed E-state index contributed by atoms with van der Waals surface area (Å²) in [4.78, 5) is 17.2. The summed E-state index contributed by atoms with van der Waals surface area (Å²) in [7, 11) is 0. The lowest BCUT2D eigenvalue weighted by molar-refractivity contribution is 0.103. The summed E-state index contributed by atoms with van der Waals surface area (Å²) >= 11 is 7.41. The van der Waals surface area contributed by atoms with E-state index in [0.717, 1.165) is 11.1 Å². The van der Waals surface area contributed by atoms with Crippen molar-refractivity contribution >= 4 is 45.6 Å². The molecule has 118 valence electrons. The van der Waals surface area contributed by atoms with Crippen LogP contribution in [0.2, 0.25) is 5.02 Å². The molecule has 0 spiro atoms. The number of oxazole rings is 1. The Morgan fingerprint density at radius 2 is 2.04 bits per heavy atom. The molecule has 0 aliphatic heterocycles. The van der Waals surface area contributed by atoms with E-state index >= 15 is 0 Å². The van der Waals surface area contributed by atoms with Crippen LogP contribution in [0.15, 0.2) is 64.4 Å². The standard InChI is InChI=1S/C18H11ClN2O2S/c19-12-4-1-3-11(9-12)18-21-14-7-6-13(10-15(14)23-18)20-17(22)16-5-2-8-24-16/h1-10H,(H,20,22). The molecule has 2 heterocycles. The van der Waals surface area contributed by atoms with Gasteiger partial charge in [0.15, 0.2) is 5.58 Å². The Labute approximate surface area is 146 Å². The molecule has 4 nitrogen and oxygen atoms in total. The molecular formula is C18H11ClN2O2S. The third-order valence-corrected chi connectivity index (χ3v) is 4.57. The van der Waals surface area contributed by atoms with Crippen LogP contribution >= 0.6 is 22.9 Å². The summed E-state index contributed by atoms with van der Waals surface area (Å²) in [6.45, 7) is 0. The number of amides is 1. The number of nitrogens with one attached hydrogen (secondary N) is 1. The fraction of sp³-hybridized carbons (Fsp3) is 0. The van der Waals surface area contributed by atoms with Gasteiger partial charge >= 0.3 is 0 Å². The molecule has 6 heteroatoms. The van der Waals surface area contributed by atoms with E-state index in [0.29, 0.717) is 27.1 Å². The van der Waals surface area contributed by atoms with Gasteiger partial charge in [-0.3, -0.25) is 4.79 Å². The third kappa shape index (κ3) is 2.91. The largest absolute Gasteiger partial charge is 0.436 e. The van der Waals surface area contributed by atoms with Crippen LogP contribution in [0.25, 0.3) is 22.6 Å². The summed E-state index contributed by atoms with van der Waals surface area (Å²) in [5.74, 6) is 0.355. The minimum Gasteiger partial charge on any atom is -0.436 e. The molecule has 4 rings (SSSR count). The highest BCUT2D eigenvalue weighted by molar-refractivity contribution is 7.12. The van der Waals surface area contributed by atoms with Crippen molar-refractivity contribution in [3.05, 3.63) is 69.9 Å². The van der Waals surface area contributed by atoms with E-state index in [1.165, 1.54) is 11.3 Å². The number of carbonyl (C=O) groups excluding carboxylic acids is 1. The van der Waals surface area contributed by atoms with Gasteiger partial charge in [-0.1, -0.05) is 23.7 Å². The van der Waals surface area contributed by atoms with Crippen LogP contribution in [0.1, 0.15) is 9.67 Å². The zero-order valence-corrected chi connectivity index (χ0v) is 13.9. The molecule has 4 aromatic rings. The zero-order chi connectivity index (χ0) is 16.5. The highest BCUT2D eigenvalue weighted by atomic mass is 35.5. The molecule has 0 saturated carbocycles. The minimum atomic E-state index is -0.140. The Bertz CT molecular complexity index is 1020. The van der Waals surface area contributed by atoms with Crippen LogP contribution in [-0.4, -0.2) is 10.9 Å². The SMILES string of the molecule is O=C(Nc1ccc2nc(-c3cccc(Cl)c3)oc2c1)c1cccs1. The van der Waals surface area contributed by atoms with Gasteiger partial charge in [0, 0.05) is 22.3 Å². The van der Waals surface area contributed by atoms with E-state index in [1.807, 2.05) is 29.6 Å². The molecule has 0 aliphatic carbocycles. The van der Waals surface area contributed by atoms with Crippen LogP contribution in [0.5, 0.6) is 0 Å². The average molecular weight is 355 g/mol. The Morgan fingerprint density at radius 1 is 1.12 bits per heavy atom. The second-order valence-electron chi connectivity index (χ2n) is 5.14. The predicted octanol–water partition coefficient (Wildman–Crippen LogP) is 5.46. The maximum Gasteiger partial charge on any atom is 0.265 e. The number of anilines is 1. The van der Waals surface area contributed by atoms with Gasteiger partial charge in [0.05, 0.1) is 4.88 Å². The lowest BCUT2D eigenvalue weighted by Crippen LogP contribution is -2.09. The van der Waals surface area contributed by atoms with Crippen molar-refractivity contribution in [1.29, 1.82) is 0 Å². The Balaban J connectivity index is 1.65. The fourth-order valence-electron chi connectivity index (χ4n) is 2.35. The second-order valence-corrected chi connectivity index (χ2v) is 6.53. The Morgan fingerprint density at radius 3 is 2.83 bits per heavy atom. The van der Waals surface area contributed by atoms with Gasteiger partial charge in [0.1, 0.15) is 5.52 Å². The first-order valence-corrected chi connectivity index (χ1v) is 8.46. The first-order valence-electron chi connectivity index (χ1n) is 7.20. The van der Waals surface area contributed by atoms with Crippen LogP contribution in [0.4, 0.5) is 5.69 Å². The first kappa shape index (κ1) is 14.9. The van der Waals surface area contributed by atoms with Gasteiger partial charge in [0.2, 0.25) is 5.89 Å². The topological polar surface area (TPSA) is 55.1 Å². The van der Waals surface area contributed by atoms with Gasteiger partial charge in [-0.25, -0.2) is 4.98 Å². The molecule has 2 aromatic heterocycles. The van der Waals surface area contributed by atoms with E-state index in [1.54, 1.807) is 30.3 Å². The van der Waals surface area contributed by atoms with E-state index in [-0.39, 0.29) is 5.91 Å². The summed E-state index contributed by atoms with van der Waals surface area (Å²) in [6.07, 6.45) is 0. The molecule has 1 N–H and O–H groups in total. The molecule has 0 radical (unpaired) electrons. The van der Waals surface area contributed by atoms with E-state index in [9.17, 15) is 4.79 Å². The number of nitrogens with zero attached hydrogens (tertiary/aromatic N) is 1. The van der Waals surface area contributed by atoms with Gasteiger partial charge in [-0.15, -0.1) is 11.3 Å². The first-order chi connectivity index (χ1) is 11.7. The fourth-order valence-corrected chi connectivity index (χ4v) is 3.16. The number of aromatic nitrogens is 1. The monoisotopic (exact) mass is 354 g/mol. The molecule has 0 fully saturated rings. The molecule has 0 atom stereocenters.